The maximum Gasteiger partial charge on any atom is 0.258 e. The molecule has 1 heterocycles. The number of sulfone groups is 1. The molecule has 1 aromatic heterocycles. The zero-order valence-electron chi connectivity index (χ0n) is 11.0. The molecule has 1 amide bonds. The second-order valence-corrected chi connectivity index (χ2v) is 8.83. The number of benzene rings is 1. The van der Waals surface area contributed by atoms with Gasteiger partial charge in [-0.15, -0.1) is 11.3 Å². The first-order chi connectivity index (χ1) is 9.68. The van der Waals surface area contributed by atoms with Gasteiger partial charge in [-0.25, -0.2) is 13.4 Å². The van der Waals surface area contributed by atoms with E-state index in [1.165, 1.54) is 5.38 Å². The van der Waals surface area contributed by atoms with E-state index >= 15 is 0 Å². The minimum atomic E-state index is -3.37. The van der Waals surface area contributed by atoms with Crippen molar-refractivity contribution in [3.05, 3.63) is 37.6 Å². The lowest BCUT2D eigenvalue weighted by molar-refractivity contribution is 0.102. The fourth-order valence-corrected chi connectivity index (χ4v) is 4.18. The zero-order chi connectivity index (χ0) is 15.8. The molecule has 5 nitrogen and oxygen atoms in total. The van der Waals surface area contributed by atoms with Crippen LogP contribution in [0.1, 0.15) is 15.9 Å². The molecule has 0 spiro atoms. The van der Waals surface area contributed by atoms with Crippen LogP contribution in [0.2, 0.25) is 0 Å². The molecular weight excluding hydrogens is 444 g/mol. The fourth-order valence-electron chi connectivity index (χ4n) is 1.47. The number of thiazole rings is 1. The highest BCUT2D eigenvalue weighted by molar-refractivity contribution is 9.11. The molecule has 112 valence electrons. The third-order valence-corrected chi connectivity index (χ3v) is 5.96. The first-order valence-corrected chi connectivity index (χ1v) is 9.97. The van der Waals surface area contributed by atoms with Gasteiger partial charge in [-0.1, -0.05) is 15.9 Å². The zero-order valence-corrected chi connectivity index (χ0v) is 15.8. The molecule has 2 rings (SSSR count). The van der Waals surface area contributed by atoms with Crippen LogP contribution >= 0.6 is 43.2 Å². The molecule has 0 aliphatic carbocycles. The molecule has 0 saturated heterocycles. The molecule has 0 fully saturated rings. The van der Waals surface area contributed by atoms with Crippen LogP contribution in [0.25, 0.3) is 0 Å². The number of aryl methyl sites for hydroxylation is 1. The second kappa shape index (κ2) is 6.15. The minimum Gasteiger partial charge on any atom is -0.298 e. The van der Waals surface area contributed by atoms with Crippen LogP contribution in [0, 0.1) is 6.92 Å². The summed E-state index contributed by atoms with van der Waals surface area (Å²) in [7, 11) is -3.37. The van der Waals surface area contributed by atoms with Crippen LogP contribution < -0.4 is 5.32 Å². The Morgan fingerprint density at radius 2 is 1.95 bits per heavy atom. The van der Waals surface area contributed by atoms with Gasteiger partial charge in [0.1, 0.15) is 0 Å². The fraction of sp³-hybridized carbons (Fsp3) is 0.167. The Labute approximate surface area is 143 Å². The van der Waals surface area contributed by atoms with E-state index in [1.54, 1.807) is 6.07 Å². The quantitative estimate of drug-likeness (QED) is 0.769. The largest absolute Gasteiger partial charge is 0.298 e. The van der Waals surface area contributed by atoms with Crippen molar-refractivity contribution in [1.82, 2.24) is 4.98 Å². The molecule has 0 bridgehead atoms. The number of nitrogens with zero attached hydrogens (tertiary/aromatic N) is 1. The summed E-state index contributed by atoms with van der Waals surface area (Å²) >= 11 is 7.77. The Morgan fingerprint density at radius 1 is 1.29 bits per heavy atom. The number of carbonyl (C=O) groups excluding carboxylic acids is 1. The lowest BCUT2D eigenvalue weighted by atomic mass is 10.1. The molecule has 0 saturated carbocycles. The van der Waals surface area contributed by atoms with Crippen molar-refractivity contribution in [3.8, 4) is 0 Å². The van der Waals surface area contributed by atoms with Crippen LogP contribution in [0.15, 0.2) is 31.5 Å². The van der Waals surface area contributed by atoms with Gasteiger partial charge in [-0.3, -0.25) is 10.1 Å². The summed E-state index contributed by atoms with van der Waals surface area (Å²) in [5.74, 6) is -0.364. The summed E-state index contributed by atoms with van der Waals surface area (Å²) in [6, 6.07) is 3.52. The Hall–Kier alpha value is -0.770. The van der Waals surface area contributed by atoms with Gasteiger partial charge in [0.05, 0.1) is 5.56 Å². The number of anilines is 1. The highest BCUT2D eigenvalue weighted by Gasteiger charge is 2.16. The van der Waals surface area contributed by atoms with Crippen molar-refractivity contribution >= 4 is 64.1 Å². The Bertz CT molecular complexity index is 816. The summed E-state index contributed by atoms with van der Waals surface area (Å²) in [6.45, 7) is 1.91. The summed E-state index contributed by atoms with van der Waals surface area (Å²) in [4.78, 5) is 16.1. The molecular formula is C12H10Br2N2O3S2. The molecule has 0 atom stereocenters. The molecule has 0 radical (unpaired) electrons. The third kappa shape index (κ3) is 3.91. The van der Waals surface area contributed by atoms with E-state index in [9.17, 15) is 13.2 Å². The monoisotopic (exact) mass is 452 g/mol. The summed E-state index contributed by atoms with van der Waals surface area (Å²) in [5, 5.41) is 4.18. The van der Waals surface area contributed by atoms with E-state index in [0.717, 1.165) is 27.6 Å². The third-order valence-electron chi connectivity index (χ3n) is 2.58. The number of hydrogen-bond donors (Lipinski definition) is 1. The molecule has 0 aliphatic heterocycles. The first-order valence-electron chi connectivity index (χ1n) is 5.61. The number of amides is 1. The smallest absolute Gasteiger partial charge is 0.258 e. The number of hydrogen-bond acceptors (Lipinski definition) is 5. The predicted octanol–water partition coefficient (Wildman–Crippen LogP) is 3.63. The van der Waals surface area contributed by atoms with Gasteiger partial charge in [0.15, 0.2) is 20.0 Å². The number of halogens is 2. The maximum absolute atomic E-state index is 12.2. The second-order valence-electron chi connectivity index (χ2n) is 4.30. The van der Waals surface area contributed by atoms with Crippen molar-refractivity contribution in [2.75, 3.05) is 11.6 Å². The van der Waals surface area contributed by atoms with Gasteiger partial charge in [0.25, 0.3) is 5.91 Å². The van der Waals surface area contributed by atoms with Crippen molar-refractivity contribution in [2.24, 2.45) is 0 Å². The highest BCUT2D eigenvalue weighted by Crippen LogP contribution is 2.27. The van der Waals surface area contributed by atoms with E-state index < -0.39 is 9.84 Å². The Kier molecular flexibility index (Phi) is 4.86. The lowest BCUT2D eigenvalue weighted by Crippen LogP contribution is -2.13. The summed E-state index contributed by atoms with van der Waals surface area (Å²) in [5.41, 5.74) is 1.43. The van der Waals surface area contributed by atoms with Crippen LogP contribution in [0.3, 0.4) is 0 Å². The molecule has 2 aromatic rings. The molecule has 1 aromatic carbocycles. The number of aromatic nitrogens is 1. The van der Waals surface area contributed by atoms with Gasteiger partial charge in [-0.2, -0.15) is 0 Å². The Balaban J connectivity index is 2.26. The summed E-state index contributed by atoms with van der Waals surface area (Å²) < 4.78 is 24.2. The van der Waals surface area contributed by atoms with Crippen LogP contribution in [0.4, 0.5) is 5.13 Å². The normalized spacial score (nSPS) is 11.4. The van der Waals surface area contributed by atoms with Crippen LogP contribution in [-0.4, -0.2) is 25.6 Å². The molecule has 9 heteroatoms. The van der Waals surface area contributed by atoms with Crippen molar-refractivity contribution in [2.45, 2.75) is 11.9 Å². The minimum absolute atomic E-state index is 0.0491. The summed E-state index contributed by atoms with van der Waals surface area (Å²) in [6.07, 6.45) is 1.07. The van der Waals surface area contributed by atoms with Crippen molar-refractivity contribution < 1.29 is 13.2 Å². The first kappa shape index (κ1) is 16.6. The van der Waals surface area contributed by atoms with Gasteiger partial charge < -0.3 is 0 Å². The Morgan fingerprint density at radius 3 is 2.52 bits per heavy atom. The van der Waals surface area contributed by atoms with Crippen molar-refractivity contribution in [1.29, 1.82) is 0 Å². The van der Waals surface area contributed by atoms with Crippen LogP contribution in [-0.2, 0) is 9.84 Å². The van der Waals surface area contributed by atoms with E-state index in [2.05, 4.69) is 42.2 Å². The number of rotatable bonds is 3. The molecule has 1 N–H and O–H groups in total. The standard InChI is InChI=1S/C12H10Br2N2O3S2/c1-6-3-9(14)7(4-8(6)13)11(17)16-12-15-10(5-20-12)21(2,18)19/h3-5H,1-2H3,(H,15,16,17). The van der Waals surface area contributed by atoms with E-state index in [1.807, 2.05) is 13.0 Å². The molecule has 0 aliphatic rings. The van der Waals surface area contributed by atoms with Gasteiger partial charge in [-0.05, 0) is 40.5 Å². The van der Waals surface area contributed by atoms with Gasteiger partial charge in [0, 0.05) is 20.6 Å². The van der Waals surface area contributed by atoms with Crippen LogP contribution in [0.5, 0.6) is 0 Å². The van der Waals surface area contributed by atoms with Gasteiger partial charge >= 0.3 is 0 Å². The number of carbonyl (C=O) groups is 1. The van der Waals surface area contributed by atoms with Gasteiger partial charge in [0.2, 0.25) is 0 Å². The lowest BCUT2D eigenvalue weighted by Gasteiger charge is -2.07. The predicted molar refractivity (Wildman–Crippen MR) is 89.8 cm³/mol. The number of nitrogens with one attached hydrogen (secondary N) is 1. The molecule has 0 unspecified atom stereocenters. The topological polar surface area (TPSA) is 76.1 Å². The maximum atomic E-state index is 12.2. The van der Waals surface area contributed by atoms with E-state index in [-0.39, 0.29) is 16.1 Å². The molecule has 21 heavy (non-hydrogen) atoms. The average Bonchev–Trinajstić information content (AvgIpc) is 2.82. The average molecular weight is 454 g/mol. The van der Waals surface area contributed by atoms with E-state index in [0.29, 0.717) is 10.0 Å². The highest BCUT2D eigenvalue weighted by atomic mass is 79.9. The van der Waals surface area contributed by atoms with E-state index in [4.69, 9.17) is 0 Å². The van der Waals surface area contributed by atoms with Crippen molar-refractivity contribution in [3.63, 3.8) is 0 Å². The SMILES string of the molecule is Cc1cc(Br)c(C(=O)Nc2nc(S(C)(=O)=O)cs2)cc1Br.